The Hall–Kier alpha value is -1.92. The molecule has 1 N–H and O–H groups in total. The molecule has 0 saturated carbocycles. The maximum Gasteiger partial charge on any atom is 0.241 e. The Morgan fingerprint density at radius 1 is 1.19 bits per heavy atom. The largest absolute Gasteiger partial charge is 0.371 e. The topological polar surface area (TPSA) is 49.4 Å². The highest BCUT2D eigenvalue weighted by Gasteiger charge is 2.20. The minimum absolute atomic E-state index is 0.0761. The Morgan fingerprint density at radius 2 is 1.89 bits per heavy atom. The molecule has 0 unspecified atom stereocenters. The Kier molecular flexibility index (Phi) is 5.86. The van der Waals surface area contributed by atoms with Crippen molar-refractivity contribution >= 4 is 15.7 Å². The number of sulfonamides is 1. The molecular formula is C21H27FN2O2S. The predicted octanol–water partition coefficient (Wildman–Crippen LogP) is 4.41. The quantitative estimate of drug-likeness (QED) is 0.823. The van der Waals surface area contributed by atoms with E-state index in [1.807, 2.05) is 19.1 Å². The predicted molar refractivity (Wildman–Crippen MR) is 107 cm³/mol. The van der Waals surface area contributed by atoms with Crippen molar-refractivity contribution in [2.75, 3.05) is 18.0 Å². The van der Waals surface area contributed by atoms with Crippen LogP contribution in [0.2, 0.25) is 0 Å². The minimum Gasteiger partial charge on any atom is -0.371 e. The molecule has 1 aliphatic rings. The number of benzene rings is 2. The van der Waals surface area contributed by atoms with Gasteiger partial charge in [-0.05, 0) is 74.1 Å². The number of hydrogen-bond donors (Lipinski definition) is 1. The molecule has 3 rings (SSSR count). The van der Waals surface area contributed by atoms with Crippen molar-refractivity contribution in [3.63, 3.8) is 0 Å². The summed E-state index contributed by atoms with van der Waals surface area (Å²) in [7, 11) is -3.71. The lowest BCUT2D eigenvalue weighted by Crippen LogP contribution is -2.34. The second-order valence-corrected chi connectivity index (χ2v) is 9.25. The summed E-state index contributed by atoms with van der Waals surface area (Å²) in [5, 5.41) is 0. The van der Waals surface area contributed by atoms with Gasteiger partial charge in [-0.1, -0.05) is 19.1 Å². The summed E-state index contributed by atoms with van der Waals surface area (Å²) in [4.78, 5) is 2.46. The van der Waals surface area contributed by atoms with E-state index in [0.717, 1.165) is 18.7 Å². The minimum atomic E-state index is -3.71. The normalized spacial score (nSPS) is 19.1. The molecule has 0 aliphatic carbocycles. The second kappa shape index (κ2) is 7.98. The fourth-order valence-corrected chi connectivity index (χ4v) is 4.87. The lowest BCUT2D eigenvalue weighted by molar-refractivity contribution is 0.447. The van der Waals surface area contributed by atoms with Crippen molar-refractivity contribution in [2.24, 2.45) is 5.92 Å². The molecule has 1 aliphatic heterocycles. The highest BCUT2D eigenvalue weighted by molar-refractivity contribution is 7.89. The molecular weight excluding hydrogens is 363 g/mol. The lowest BCUT2D eigenvalue weighted by atomic mass is 9.99. The molecule has 6 heteroatoms. The van der Waals surface area contributed by atoms with E-state index in [1.54, 1.807) is 6.92 Å². The molecule has 0 aromatic heterocycles. The smallest absolute Gasteiger partial charge is 0.241 e. The van der Waals surface area contributed by atoms with E-state index in [4.69, 9.17) is 0 Å². The monoisotopic (exact) mass is 390 g/mol. The summed E-state index contributed by atoms with van der Waals surface area (Å²) in [6, 6.07) is 11.5. The van der Waals surface area contributed by atoms with Crippen molar-refractivity contribution in [3.05, 3.63) is 59.4 Å². The summed E-state index contributed by atoms with van der Waals surface area (Å²) in [5.41, 5.74) is 2.38. The van der Waals surface area contributed by atoms with Crippen molar-refractivity contribution in [1.82, 2.24) is 4.72 Å². The molecule has 0 spiro atoms. The number of anilines is 1. The van der Waals surface area contributed by atoms with Gasteiger partial charge in [-0.2, -0.15) is 0 Å². The van der Waals surface area contributed by atoms with Gasteiger partial charge in [-0.3, -0.25) is 0 Å². The number of nitrogens with one attached hydrogen (secondary N) is 1. The summed E-state index contributed by atoms with van der Waals surface area (Å²) in [6.07, 6.45) is 2.48. The third-order valence-electron chi connectivity index (χ3n) is 5.19. The van der Waals surface area contributed by atoms with E-state index in [0.29, 0.717) is 11.5 Å². The van der Waals surface area contributed by atoms with Crippen LogP contribution in [0.5, 0.6) is 0 Å². The maximum atomic E-state index is 13.4. The summed E-state index contributed by atoms with van der Waals surface area (Å²) in [5.74, 6) is 0.285. The van der Waals surface area contributed by atoms with E-state index in [9.17, 15) is 12.8 Å². The van der Waals surface area contributed by atoms with Crippen LogP contribution >= 0.6 is 0 Å². The van der Waals surface area contributed by atoms with Crippen molar-refractivity contribution in [1.29, 1.82) is 0 Å². The van der Waals surface area contributed by atoms with Crippen LogP contribution in [0.1, 0.15) is 43.9 Å². The summed E-state index contributed by atoms with van der Waals surface area (Å²) >= 11 is 0. The van der Waals surface area contributed by atoms with Crippen LogP contribution < -0.4 is 9.62 Å². The van der Waals surface area contributed by atoms with Crippen LogP contribution in [-0.4, -0.2) is 21.5 Å². The van der Waals surface area contributed by atoms with Gasteiger partial charge in [-0.25, -0.2) is 17.5 Å². The molecule has 2 aromatic carbocycles. The third-order valence-corrected chi connectivity index (χ3v) is 6.73. The zero-order valence-electron chi connectivity index (χ0n) is 16.1. The van der Waals surface area contributed by atoms with Crippen LogP contribution in [0.25, 0.3) is 0 Å². The average Bonchev–Trinajstić information content (AvgIpc) is 2.63. The maximum absolute atomic E-state index is 13.4. The van der Waals surface area contributed by atoms with Crippen molar-refractivity contribution in [2.45, 2.75) is 44.6 Å². The third kappa shape index (κ3) is 4.68. The molecule has 2 atom stereocenters. The van der Waals surface area contributed by atoms with E-state index in [1.165, 1.54) is 36.7 Å². The van der Waals surface area contributed by atoms with Gasteiger partial charge in [0.15, 0.2) is 0 Å². The molecule has 1 heterocycles. The van der Waals surface area contributed by atoms with Crippen LogP contribution in [0.3, 0.4) is 0 Å². The molecule has 146 valence electrons. The average molecular weight is 391 g/mol. The van der Waals surface area contributed by atoms with Crippen molar-refractivity contribution in [3.8, 4) is 0 Å². The molecule has 0 radical (unpaired) electrons. The molecule has 0 amide bonds. The Balaban J connectivity index is 1.71. The Labute approximate surface area is 161 Å². The van der Waals surface area contributed by atoms with Gasteiger partial charge in [-0.15, -0.1) is 0 Å². The highest BCUT2D eigenvalue weighted by Crippen LogP contribution is 2.25. The van der Waals surface area contributed by atoms with Crippen LogP contribution in [0.15, 0.2) is 47.4 Å². The van der Waals surface area contributed by atoms with Gasteiger partial charge in [0, 0.05) is 24.8 Å². The number of halogens is 1. The molecule has 0 bridgehead atoms. The van der Waals surface area contributed by atoms with E-state index in [-0.39, 0.29) is 10.9 Å². The number of rotatable bonds is 5. The zero-order chi connectivity index (χ0) is 19.6. The van der Waals surface area contributed by atoms with Crippen LogP contribution in [-0.2, 0) is 10.0 Å². The van der Waals surface area contributed by atoms with Gasteiger partial charge in [0.1, 0.15) is 5.82 Å². The fraction of sp³-hybridized carbons (Fsp3) is 0.429. The first-order chi connectivity index (χ1) is 12.8. The van der Waals surface area contributed by atoms with Gasteiger partial charge in [0.2, 0.25) is 10.0 Å². The first-order valence-electron chi connectivity index (χ1n) is 9.39. The van der Waals surface area contributed by atoms with E-state index in [2.05, 4.69) is 28.7 Å². The highest BCUT2D eigenvalue weighted by atomic mass is 32.2. The first kappa shape index (κ1) is 19.8. The second-order valence-electron chi connectivity index (χ2n) is 7.54. The molecule has 2 aromatic rings. The van der Waals surface area contributed by atoms with E-state index >= 15 is 0 Å². The van der Waals surface area contributed by atoms with Crippen LogP contribution in [0.4, 0.5) is 10.1 Å². The molecule has 27 heavy (non-hydrogen) atoms. The first-order valence-corrected chi connectivity index (χ1v) is 10.9. The molecule has 1 fully saturated rings. The zero-order valence-corrected chi connectivity index (χ0v) is 16.9. The van der Waals surface area contributed by atoms with Gasteiger partial charge >= 0.3 is 0 Å². The number of aryl methyl sites for hydroxylation is 1. The molecule has 4 nitrogen and oxygen atoms in total. The van der Waals surface area contributed by atoms with Gasteiger partial charge < -0.3 is 4.90 Å². The SMILES string of the molecule is Cc1cc(S(=O)(=O)N[C@H](C)c2ccc(N3CCC[C@@H](C)C3)cc2)ccc1F. The fourth-order valence-electron chi connectivity index (χ4n) is 3.55. The number of hydrogen-bond acceptors (Lipinski definition) is 3. The Bertz CT molecular complexity index is 897. The number of nitrogens with zero attached hydrogens (tertiary/aromatic N) is 1. The Morgan fingerprint density at radius 3 is 2.52 bits per heavy atom. The number of piperidine rings is 1. The summed E-state index contributed by atoms with van der Waals surface area (Å²) < 4.78 is 41.3. The standard InChI is InChI=1S/C21H27FN2O2S/c1-15-5-4-12-24(14-15)19-8-6-18(7-9-19)17(3)23-27(25,26)20-10-11-21(22)16(2)13-20/h6-11,13,15,17,23H,4-5,12,14H2,1-3H3/t15-,17-/m1/s1. The van der Waals surface area contributed by atoms with Gasteiger partial charge in [0.05, 0.1) is 4.90 Å². The van der Waals surface area contributed by atoms with Crippen LogP contribution in [0, 0.1) is 18.7 Å². The molecule has 1 saturated heterocycles. The van der Waals surface area contributed by atoms with E-state index < -0.39 is 15.8 Å². The van der Waals surface area contributed by atoms with Crippen molar-refractivity contribution < 1.29 is 12.8 Å². The lowest BCUT2D eigenvalue weighted by Gasteiger charge is -2.33. The van der Waals surface area contributed by atoms with Gasteiger partial charge in [0.25, 0.3) is 0 Å². The summed E-state index contributed by atoms with van der Waals surface area (Å²) in [6.45, 7) is 7.76.